The van der Waals surface area contributed by atoms with E-state index < -0.39 is 11.7 Å². The van der Waals surface area contributed by atoms with E-state index in [0.29, 0.717) is 11.5 Å². The molecule has 3 N–H and O–H groups in total. The number of nitrogens with one attached hydrogen (secondary N) is 1. The van der Waals surface area contributed by atoms with Crippen molar-refractivity contribution in [2.75, 3.05) is 5.73 Å². The molecule has 6 nitrogen and oxygen atoms in total. The number of ether oxygens (including phenoxy) is 1. The highest BCUT2D eigenvalue weighted by Gasteiger charge is 2.19. The zero-order valence-electron chi connectivity index (χ0n) is 10.5. The first-order valence-electron chi connectivity index (χ1n) is 5.35. The Balaban J connectivity index is 2.57. The molecular formula is C11H18N4O2. The molecule has 17 heavy (non-hydrogen) atoms. The van der Waals surface area contributed by atoms with Crippen molar-refractivity contribution in [3.63, 3.8) is 0 Å². The fourth-order valence-electron chi connectivity index (χ4n) is 1.12. The number of nitrogens with two attached hydrogens (primary N) is 1. The number of nitrogens with zero attached hydrogens (tertiary/aromatic N) is 2. The molecule has 94 valence electrons. The van der Waals surface area contributed by atoms with Gasteiger partial charge in [-0.3, -0.25) is 0 Å². The van der Waals surface area contributed by atoms with Crippen LogP contribution in [0.2, 0.25) is 0 Å². The van der Waals surface area contributed by atoms with E-state index in [1.807, 2.05) is 0 Å². The van der Waals surface area contributed by atoms with Crippen LogP contribution in [0.25, 0.3) is 0 Å². The van der Waals surface area contributed by atoms with Gasteiger partial charge in [0.15, 0.2) is 0 Å². The van der Waals surface area contributed by atoms with Crippen molar-refractivity contribution in [2.24, 2.45) is 0 Å². The number of amides is 1. The highest BCUT2D eigenvalue weighted by Crippen LogP contribution is 2.10. The maximum absolute atomic E-state index is 11.5. The van der Waals surface area contributed by atoms with E-state index in [9.17, 15) is 4.79 Å². The Bertz CT molecular complexity index is 383. The van der Waals surface area contributed by atoms with Crippen molar-refractivity contribution in [3.8, 4) is 0 Å². The zero-order chi connectivity index (χ0) is 13.1. The van der Waals surface area contributed by atoms with Crippen molar-refractivity contribution in [2.45, 2.75) is 39.3 Å². The summed E-state index contributed by atoms with van der Waals surface area (Å²) in [7, 11) is 0. The Labute approximate surface area is 101 Å². The largest absolute Gasteiger partial charge is 0.444 e. The predicted octanol–water partition coefficient (Wildman–Crippen LogP) is 1.64. The van der Waals surface area contributed by atoms with E-state index in [4.69, 9.17) is 10.5 Å². The van der Waals surface area contributed by atoms with E-state index in [1.54, 1.807) is 27.7 Å². The van der Waals surface area contributed by atoms with Crippen LogP contribution in [0.1, 0.15) is 39.6 Å². The highest BCUT2D eigenvalue weighted by atomic mass is 16.6. The summed E-state index contributed by atoms with van der Waals surface area (Å²) in [5.41, 5.74) is 5.44. The molecule has 1 amide bonds. The van der Waals surface area contributed by atoms with Crippen LogP contribution in [0.15, 0.2) is 12.4 Å². The minimum atomic E-state index is -0.522. The molecule has 1 heterocycles. The standard InChI is InChI=1S/C11H18N4O2/c1-7(9-13-5-8(12)6-14-9)15-10(16)17-11(2,3)4/h5-7H,12H2,1-4H3,(H,15,16). The Morgan fingerprint density at radius 3 is 2.41 bits per heavy atom. The lowest BCUT2D eigenvalue weighted by Gasteiger charge is -2.21. The molecule has 0 radical (unpaired) electrons. The molecule has 1 unspecified atom stereocenters. The van der Waals surface area contributed by atoms with Gasteiger partial charge in [-0.05, 0) is 27.7 Å². The van der Waals surface area contributed by atoms with Crippen molar-refractivity contribution >= 4 is 11.8 Å². The number of aromatic nitrogens is 2. The molecule has 0 bridgehead atoms. The Morgan fingerprint density at radius 1 is 1.41 bits per heavy atom. The van der Waals surface area contributed by atoms with Crippen LogP contribution in [0.5, 0.6) is 0 Å². The predicted molar refractivity (Wildman–Crippen MR) is 64.2 cm³/mol. The number of nitrogen functional groups attached to an aromatic ring is 1. The SMILES string of the molecule is CC(NC(=O)OC(C)(C)C)c1ncc(N)cn1. The summed E-state index contributed by atoms with van der Waals surface area (Å²) in [5, 5.41) is 2.65. The summed E-state index contributed by atoms with van der Waals surface area (Å²) < 4.78 is 5.12. The van der Waals surface area contributed by atoms with Gasteiger partial charge in [0, 0.05) is 0 Å². The lowest BCUT2D eigenvalue weighted by Crippen LogP contribution is -2.34. The van der Waals surface area contributed by atoms with Gasteiger partial charge in [-0.15, -0.1) is 0 Å². The van der Waals surface area contributed by atoms with E-state index in [1.165, 1.54) is 12.4 Å². The first-order valence-corrected chi connectivity index (χ1v) is 5.35. The van der Waals surface area contributed by atoms with Crippen LogP contribution >= 0.6 is 0 Å². The van der Waals surface area contributed by atoms with Gasteiger partial charge in [-0.2, -0.15) is 0 Å². The number of carbonyl (C=O) groups excluding carboxylic acids is 1. The normalized spacial score (nSPS) is 12.9. The van der Waals surface area contributed by atoms with Crippen LogP contribution in [-0.2, 0) is 4.74 Å². The fraction of sp³-hybridized carbons (Fsp3) is 0.545. The number of hydrogen-bond donors (Lipinski definition) is 2. The smallest absolute Gasteiger partial charge is 0.408 e. The van der Waals surface area contributed by atoms with Gasteiger partial charge in [-0.25, -0.2) is 14.8 Å². The molecule has 6 heteroatoms. The van der Waals surface area contributed by atoms with Gasteiger partial charge in [0.1, 0.15) is 11.4 Å². The molecular weight excluding hydrogens is 220 g/mol. The third kappa shape index (κ3) is 4.67. The van der Waals surface area contributed by atoms with Crippen LogP contribution in [0.3, 0.4) is 0 Å². The number of carbonyl (C=O) groups is 1. The Kier molecular flexibility index (Phi) is 3.88. The zero-order valence-corrected chi connectivity index (χ0v) is 10.5. The van der Waals surface area contributed by atoms with Gasteiger partial charge >= 0.3 is 6.09 Å². The summed E-state index contributed by atoms with van der Waals surface area (Å²) in [6, 6.07) is -0.328. The molecule has 0 fully saturated rings. The molecule has 0 aliphatic heterocycles. The lowest BCUT2D eigenvalue weighted by atomic mass is 10.2. The molecule has 0 saturated carbocycles. The number of alkyl carbamates (subject to hydrolysis) is 1. The van der Waals surface area contributed by atoms with E-state index >= 15 is 0 Å². The second-order valence-corrected chi connectivity index (χ2v) is 4.74. The second kappa shape index (κ2) is 4.99. The Hall–Kier alpha value is -1.85. The summed E-state index contributed by atoms with van der Waals surface area (Å²) in [6.07, 6.45) is 2.50. The van der Waals surface area contributed by atoms with Crippen LogP contribution in [0, 0.1) is 0 Å². The monoisotopic (exact) mass is 238 g/mol. The quantitative estimate of drug-likeness (QED) is 0.817. The summed E-state index contributed by atoms with van der Waals surface area (Å²) in [6.45, 7) is 7.18. The van der Waals surface area contributed by atoms with Crippen molar-refractivity contribution in [3.05, 3.63) is 18.2 Å². The molecule has 0 saturated heterocycles. The minimum Gasteiger partial charge on any atom is -0.444 e. The maximum atomic E-state index is 11.5. The third-order valence-electron chi connectivity index (χ3n) is 1.81. The molecule has 0 aromatic carbocycles. The highest BCUT2D eigenvalue weighted by molar-refractivity contribution is 5.68. The van der Waals surface area contributed by atoms with Crippen LogP contribution in [0.4, 0.5) is 10.5 Å². The van der Waals surface area contributed by atoms with Gasteiger partial charge in [-0.1, -0.05) is 0 Å². The number of rotatable bonds is 2. The first-order chi connectivity index (χ1) is 7.78. The van der Waals surface area contributed by atoms with Crippen LogP contribution < -0.4 is 11.1 Å². The third-order valence-corrected chi connectivity index (χ3v) is 1.81. The second-order valence-electron chi connectivity index (χ2n) is 4.74. The van der Waals surface area contributed by atoms with E-state index in [2.05, 4.69) is 15.3 Å². The molecule has 0 aliphatic carbocycles. The van der Waals surface area contributed by atoms with E-state index in [-0.39, 0.29) is 6.04 Å². The van der Waals surface area contributed by atoms with Crippen molar-refractivity contribution in [1.82, 2.24) is 15.3 Å². The average Bonchev–Trinajstić information content (AvgIpc) is 2.15. The van der Waals surface area contributed by atoms with Gasteiger partial charge in [0.2, 0.25) is 0 Å². The molecule has 0 spiro atoms. The summed E-state index contributed by atoms with van der Waals surface area (Å²) in [4.78, 5) is 19.5. The number of anilines is 1. The average molecular weight is 238 g/mol. The first kappa shape index (κ1) is 13.2. The molecule has 1 rings (SSSR count). The Morgan fingerprint density at radius 2 is 1.94 bits per heavy atom. The van der Waals surface area contributed by atoms with Gasteiger partial charge in [0.05, 0.1) is 24.1 Å². The van der Waals surface area contributed by atoms with Gasteiger partial charge in [0.25, 0.3) is 0 Å². The fourth-order valence-corrected chi connectivity index (χ4v) is 1.12. The number of hydrogen-bond acceptors (Lipinski definition) is 5. The minimum absolute atomic E-state index is 0.328. The lowest BCUT2D eigenvalue weighted by molar-refractivity contribution is 0.0506. The topological polar surface area (TPSA) is 90.1 Å². The van der Waals surface area contributed by atoms with Crippen molar-refractivity contribution < 1.29 is 9.53 Å². The molecule has 1 aromatic heterocycles. The molecule has 1 aromatic rings. The molecule has 0 aliphatic rings. The summed E-state index contributed by atoms with van der Waals surface area (Å²) in [5.74, 6) is 0.491. The van der Waals surface area contributed by atoms with Crippen LogP contribution in [-0.4, -0.2) is 21.7 Å². The maximum Gasteiger partial charge on any atom is 0.408 e. The molecule has 1 atom stereocenters. The van der Waals surface area contributed by atoms with Crippen molar-refractivity contribution in [1.29, 1.82) is 0 Å². The summed E-state index contributed by atoms with van der Waals surface area (Å²) >= 11 is 0. The van der Waals surface area contributed by atoms with E-state index in [0.717, 1.165) is 0 Å². The van der Waals surface area contributed by atoms with Gasteiger partial charge < -0.3 is 15.8 Å².